The number of halogens is 3. The van der Waals surface area contributed by atoms with Gasteiger partial charge in [0.15, 0.2) is 0 Å². The Morgan fingerprint density at radius 3 is 2.54 bits per heavy atom. The first-order valence-corrected chi connectivity index (χ1v) is 7.58. The van der Waals surface area contributed by atoms with E-state index in [0.29, 0.717) is 12.2 Å². The van der Waals surface area contributed by atoms with Crippen LogP contribution in [0.4, 0.5) is 18.9 Å². The van der Waals surface area contributed by atoms with Crippen LogP contribution in [0.1, 0.15) is 23.1 Å². The van der Waals surface area contributed by atoms with Gasteiger partial charge in [-0.05, 0) is 36.2 Å². The van der Waals surface area contributed by atoms with Gasteiger partial charge >= 0.3 is 6.18 Å². The Kier molecular flexibility index (Phi) is 5.84. The lowest BCUT2D eigenvalue weighted by atomic mass is 10.1. The summed E-state index contributed by atoms with van der Waals surface area (Å²) >= 11 is 0. The lowest BCUT2D eigenvalue weighted by Crippen LogP contribution is -2.25. The number of anilines is 1. The van der Waals surface area contributed by atoms with Gasteiger partial charge in [-0.2, -0.15) is 13.2 Å². The van der Waals surface area contributed by atoms with Gasteiger partial charge in [-0.25, -0.2) is 0 Å². The lowest BCUT2D eigenvalue weighted by Gasteiger charge is -2.11. The molecule has 0 atom stereocenters. The van der Waals surface area contributed by atoms with Crippen molar-refractivity contribution in [2.75, 3.05) is 11.9 Å². The monoisotopic (exact) mass is 336 g/mol. The minimum atomic E-state index is -4.37. The molecule has 0 aliphatic heterocycles. The second-order valence-corrected chi connectivity index (χ2v) is 5.46. The van der Waals surface area contributed by atoms with Crippen LogP contribution in [0.5, 0.6) is 0 Å². The van der Waals surface area contributed by atoms with Crippen molar-refractivity contribution in [2.45, 2.75) is 26.1 Å². The van der Waals surface area contributed by atoms with Gasteiger partial charge in [0.05, 0.1) is 5.56 Å². The van der Waals surface area contributed by atoms with Gasteiger partial charge in [-0.15, -0.1) is 0 Å². The summed E-state index contributed by atoms with van der Waals surface area (Å²) in [5, 5.41) is 5.64. The van der Waals surface area contributed by atoms with E-state index in [-0.39, 0.29) is 18.9 Å². The van der Waals surface area contributed by atoms with Gasteiger partial charge in [0.2, 0.25) is 5.91 Å². The summed E-state index contributed by atoms with van der Waals surface area (Å²) in [4.78, 5) is 11.8. The molecule has 0 bridgehead atoms. The van der Waals surface area contributed by atoms with Crippen LogP contribution in [-0.2, 0) is 17.5 Å². The maximum absolute atomic E-state index is 12.6. The Labute approximate surface area is 138 Å². The fraction of sp³-hybridized carbons (Fsp3) is 0.278. The zero-order chi connectivity index (χ0) is 17.6. The summed E-state index contributed by atoms with van der Waals surface area (Å²) in [6, 6.07) is 12.7. The molecule has 2 N–H and O–H groups in total. The quantitative estimate of drug-likeness (QED) is 0.833. The summed E-state index contributed by atoms with van der Waals surface area (Å²) in [5.74, 6) is -0.155. The average Bonchev–Trinajstić information content (AvgIpc) is 2.54. The SMILES string of the molecule is Cc1ccccc1CNC(=O)CCNc1cccc(C(F)(F)F)c1. The number of hydrogen-bond donors (Lipinski definition) is 2. The molecule has 0 aromatic heterocycles. The van der Waals surface area contributed by atoms with E-state index in [2.05, 4.69) is 10.6 Å². The van der Waals surface area contributed by atoms with Gasteiger partial charge in [0, 0.05) is 25.2 Å². The summed E-state index contributed by atoms with van der Waals surface area (Å²) in [5.41, 5.74) is 1.77. The fourth-order valence-corrected chi connectivity index (χ4v) is 2.22. The molecular formula is C18H19F3N2O. The standard InChI is InChI=1S/C18H19F3N2O/c1-13-5-2-3-6-14(13)12-23-17(24)9-10-22-16-8-4-7-15(11-16)18(19,20)21/h2-8,11,22H,9-10,12H2,1H3,(H,23,24). The Hall–Kier alpha value is -2.50. The van der Waals surface area contributed by atoms with Crippen molar-refractivity contribution in [3.63, 3.8) is 0 Å². The molecule has 0 aliphatic rings. The zero-order valence-corrected chi connectivity index (χ0v) is 13.3. The summed E-state index contributed by atoms with van der Waals surface area (Å²) < 4.78 is 37.9. The van der Waals surface area contributed by atoms with Gasteiger partial charge < -0.3 is 10.6 Å². The minimum absolute atomic E-state index is 0.155. The molecule has 0 heterocycles. The molecule has 6 heteroatoms. The molecule has 0 aliphatic carbocycles. The highest BCUT2D eigenvalue weighted by Gasteiger charge is 2.30. The van der Waals surface area contributed by atoms with E-state index in [9.17, 15) is 18.0 Å². The number of benzene rings is 2. The Bertz CT molecular complexity index is 699. The van der Waals surface area contributed by atoms with Crippen molar-refractivity contribution in [1.82, 2.24) is 5.32 Å². The Balaban J connectivity index is 1.78. The highest BCUT2D eigenvalue weighted by Crippen LogP contribution is 2.30. The van der Waals surface area contributed by atoms with E-state index in [1.54, 1.807) is 6.07 Å². The molecule has 0 fully saturated rings. The van der Waals surface area contributed by atoms with E-state index in [0.717, 1.165) is 23.3 Å². The smallest absolute Gasteiger partial charge is 0.385 e. The summed E-state index contributed by atoms with van der Waals surface area (Å²) in [6.45, 7) is 2.67. The number of carbonyl (C=O) groups excluding carboxylic acids is 1. The Morgan fingerprint density at radius 2 is 1.83 bits per heavy atom. The maximum Gasteiger partial charge on any atom is 0.416 e. The molecule has 2 aromatic carbocycles. The molecule has 0 saturated carbocycles. The molecule has 128 valence electrons. The highest BCUT2D eigenvalue weighted by molar-refractivity contribution is 5.76. The van der Waals surface area contributed by atoms with Crippen LogP contribution in [0.2, 0.25) is 0 Å². The second kappa shape index (κ2) is 7.86. The Morgan fingerprint density at radius 1 is 1.08 bits per heavy atom. The third kappa shape index (κ3) is 5.30. The lowest BCUT2D eigenvalue weighted by molar-refractivity contribution is -0.137. The summed E-state index contributed by atoms with van der Waals surface area (Å²) in [6.07, 6.45) is -4.19. The molecule has 0 radical (unpaired) electrons. The number of carbonyl (C=O) groups is 1. The second-order valence-electron chi connectivity index (χ2n) is 5.46. The van der Waals surface area contributed by atoms with Crippen LogP contribution in [0.15, 0.2) is 48.5 Å². The van der Waals surface area contributed by atoms with Crippen molar-refractivity contribution in [2.24, 2.45) is 0 Å². The van der Waals surface area contributed by atoms with E-state index in [1.807, 2.05) is 31.2 Å². The molecule has 2 rings (SSSR count). The van der Waals surface area contributed by atoms with E-state index in [1.165, 1.54) is 6.07 Å². The largest absolute Gasteiger partial charge is 0.416 e. The number of rotatable bonds is 6. The van der Waals surface area contributed by atoms with E-state index in [4.69, 9.17) is 0 Å². The van der Waals surface area contributed by atoms with Crippen molar-refractivity contribution < 1.29 is 18.0 Å². The van der Waals surface area contributed by atoms with Crippen molar-refractivity contribution in [1.29, 1.82) is 0 Å². The molecule has 3 nitrogen and oxygen atoms in total. The van der Waals surface area contributed by atoms with Crippen molar-refractivity contribution in [3.8, 4) is 0 Å². The van der Waals surface area contributed by atoms with Crippen LogP contribution >= 0.6 is 0 Å². The van der Waals surface area contributed by atoms with E-state index < -0.39 is 11.7 Å². The first kappa shape index (κ1) is 17.8. The van der Waals surface area contributed by atoms with Gasteiger partial charge in [0.1, 0.15) is 0 Å². The highest BCUT2D eigenvalue weighted by atomic mass is 19.4. The topological polar surface area (TPSA) is 41.1 Å². The molecule has 2 aromatic rings. The van der Waals surface area contributed by atoms with Crippen LogP contribution in [0.25, 0.3) is 0 Å². The van der Waals surface area contributed by atoms with Crippen LogP contribution < -0.4 is 10.6 Å². The predicted molar refractivity (Wildman–Crippen MR) is 87.6 cm³/mol. The van der Waals surface area contributed by atoms with E-state index >= 15 is 0 Å². The van der Waals surface area contributed by atoms with Gasteiger partial charge in [0.25, 0.3) is 0 Å². The number of nitrogens with one attached hydrogen (secondary N) is 2. The van der Waals surface area contributed by atoms with Crippen molar-refractivity contribution in [3.05, 3.63) is 65.2 Å². The van der Waals surface area contributed by atoms with Crippen LogP contribution in [0, 0.1) is 6.92 Å². The predicted octanol–water partition coefficient (Wildman–Crippen LogP) is 4.13. The first-order valence-electron chi connectivity index (χ1n) is 7.58. The van der Waals surface area contributed by atoms with Crippen molar-refractivity contribution >= 4 is 11.6 Å². The number of hydrogen-bond acceptors (Lipinski definition) is 2. The van der Waals surface area contributed by atoms with Gasteiger partial charge in [-0.3, -0.25) is 4.79 Å². The van der Waals surface area contributed by atoms with Crippen LogP contribution in [0.3, 0.4) is 0 Å². The fourth-order valence-electron chi connectivity index (χ4n) is 2.22. The molecule has 1 amide bonds. The average molecular weight is 336 g/mol. The maximum atomic E-state index is 12.6. The van der Waals surface area contributed by atoms with Crippen LogP contribution in [-0.4, -0.2) is 12.5 Å². The molecular weight excluding hydrogens is 317 g/mol. The molecule has 0 saturated heterocycles. The number of aryl methyl sites for hydroxylation is 1. The van der Waals surface area contributed by atoms with Gasteiger partial charge in [-0.1, -0.05) is 30.3 Å². The molecule has 24 heavy (non-hydrogen) atoms. The molecule has 0 spiro atoms. The zero-order valence-electron chi connectivity index (χ0n) is 13.3. The third-order valence-electron chi connectivity index (χ3n) is 3.61. The molecule has 0 unspecified atom stereocenters. The number of alkyl halides is 3. The minimum Gasteiger partial charge on any atom is -0.385 e. The number of amides is 1. The normalized spacial score (nSPS) is 11.2. The third-order valence-corrected chi connectivity index (χ3v) is 3.61. The summed E-state index contributed by atoms with van der Waals surface area (Å²) in [7, 11) is 0. The first-order chi connectivity index (χ1) is 11.4.